The summed E-state index contributed by atoms with van der Waals surface area (Å²) in [5, 5.41) is 0. The molecule has 0 heterocycles. The monoisotopic (exact) mass is 963 g/mol. The predicted molar refractivity (Wildman–Crippen MR) is 298 cm³/mol. The molecule has 0 aromatic rings. The van der Waals surface area contributed by atoms with Crippen LogP contribution in [0.2, 0.25) is 0 Å². The van der Waals surface area contributed by atoms with Crippen molar-refractivity contribution in [2.45, 2.75) is 297 Å². The third kappa shape index (κ3) is 55.6. The number of carbonyl (C=O) groups excluding carboxylic acids is 3. The highest BCUT2D eigenvalue weighted by atomic mass is 16.6. The molecule has 0 fully saturated rings. The highest BCUT2D eigenvalue weighted by Gasteiger charge is 2.19. The van der Waals surface area contributed by atoms with Crippen molar-refractivity contribution in [3.05, 3.63) is 72.9 Å². The Bertz CT molecular complexity index is 1290. The molecule has 0 aromatic heterocycles. The van der Waals surface area contributed by atoms with Gasteiger partial charge in [0.05, 0.1) is 0 Å². The lowest BCUT2D eigenvalue weighted by atomic mass is 10.1. The molecule has 0 rings (SSSR count). The molecule has 0 aliphatic heterocycles. The fourth-order valence-electron chi connectivity index (χ4n) is 8.23. The Kier molecular flexibility index (Phi) is 54.8. The summed E-state index contributed by atoms with van der Waals surface area (Å²) in [6.45, 7) is 6.49. The first-order valence-corrected chi connectivity index (χ1v) is 29.4. The molecule has 0 aliphatic rings. The lowest BCUT2D eigenvalue weighted by Gasteiger charge is -2.18. The van der Waals surface area contributed by atoms with Gasteiger partial charge in [0, 0.05) is 19.3 Å². The second-order valence-electron chi connectivity index (χ2n) is 19.5. The maximum absolute atomic E-state index is 12.9. The normalized spacial score (nSPS) is 12.6. The Hall–Kier alpha value is -3.15. The average molecular weight is 964 g/mol. The number of allylic oxidation sites excluding steroid dienone is 12. The third-order valence-electron chi connectivity index (χ3n) is 12.7. The van der Waals surface area contributed by atoms with Gasteiger partial charge in [-0.3, -0.25) is 14.4 Å². The first kappa shape index (κ1) is 65.8. The van der Waals surface area contributed by atoms with Gasteiger partial charge in [-0.05, 0) is 103 Å². The molecule has 0 spiro atoms. The number of ether oxygens (including phenoxy) is 3. The molecule has 6 heteroatoms. The molecule has 0 aromatic carbocycles. The van der Waals surface area contributed by atoms with Crippen LogP contribution in [0.25, 0.3) is 0 Å². The van der Waals surface area contributed by atoms with Gasteiger partial charge in [-0.15, -0.1) is 0 Å². The molecule has 0 aliphatic carbocycles. The van der Waals surface area contributed by atoms with Crippen molar-refractivity contribution in [2.24, 2.45) is 0 Å². The van der Waals surface area contributed by atoms with Gasteiger partial charge in [-0.1, -0.05) is 241 Å². The zero-order valence-electron chi connectivity index (χ0n) is 45.6. The van der Waals surface area contributed by atoms with Crippen LogP contribution in [0.15, 0.2) is 72.9 Å². The van der Waals surface area contributed by atoms with E-state index in [1.807, 2.05) is 0 Å². The fourth-order valence-corrected chi connectivity index (χ4v) is 8.23. The molecule has 69 heavy (non-hydrogen) atoms. The SMILES string of the molecule is CC/C=C\C/C=C\C/C=C\C/C=C\CCCCCCCCC(=O)OC(COC(=O)CCCCCCC/C=C\CCCC)COC(=O)CCCCCCCCCCC/C=C\CCCCCCCCCC. The number of rotatable bonds is 53. The molecule has 0 radical (unpaired) electrons. The molecular formula is C63H110O6. The van der Waals surface area contributed by atoms with E-state index in [9.17, 15) is 14.4 Å². The molecule has 0 saturated heterocycles. The van der Waals surface area contributed by atoms with Gasteiger partial charge in [-0.2, -0.15) is 0 Å². The summed E-state index contributed by atoms with van der Waals surface area (Å²) >= 11 is 0. The van der Waals surface area contributed by atoms with Gasteiger partial charge >= 0.3 is 17.9 Å². The van der Waals surface area contributed by atoms with Crippen molar-refractivity contribution in [1.29, 1.82) is 0 Å². The molecular weight excluding hydrogens is 853 g/mol. The van der Waals surface area contributed by atoms with Gasteiger partial charge in [0.1, 0.15) is 13.2 Å². The Labute approximate surface area is 427 Å². The van der Waals surface area contributed by atoms with E-state index in [4.69, 9.17) is 14.2 Å². The van der Waals surface area contributed by atoms with Crippen molar-refractivity contribution < 1.29 is 28.6 Å². The molecule has 398 valence electrons. The van der Waals surface area contributed by atoms with E-state index in [2.05, 4.69) is 93.7 Å². The Morgan fingerprint density at radius 3 is 0.942 bits per heavy atom. The minimum Gasteiger partial charge on any atom is -0.462 e. The smallest absolute Gasteiger partial charge is 0.306 e. The summed E-state index contributed by atoms with van der Waals surface area (Å²) < 4.78 is 16.8. The molecule has 1 atom stereocenters. The van der Waals surface area contributed by atoms with Crippen LogP contribution in [-0.2, 0) is 28.6 Å². The number of hydrogen-bond acceptors (Lipinski definition) is 6. The average Bonchev–Trinajstić information content (AvgIpc) is 3.35. The molecule has 1 unspecified atom stereocenters. The summed E-state index contributed by atoms with van der Waals surface area (Å²) in [5.41, 5.74) is 0. The lowest BCUT2D eigenvalue weighted by molar-refractivity contribution is -0.167. The number of esters is 3. The summed E-state index contributed by atoms with van der Waals surface area (Å²) in [4.78, 5) is 38.1. The largest absolute Gasteiger partial charge is 0.462 e. The van der Waals surface area contributed by atoms with E-state index in [1.54, 1.807) is 0 Å². The minimum absolute atomic E-state index is 0.0843. The minimum atomic E-state index is -0.787. The molecule has 6 nitrogen and oxygen atoms in total. The summed E-state index contributed by atoms with van der Waals surface area (Å²) in [5.74, 6) is -0.902. The summed E-state index contributed by atoms with van der Waals surface area (Å²) in [6.07, 6.45) is 73.3. The predicted octanol–water partition coefficient (Wildman–Crippen LogP) is 19.8. The van der Waals surface area contributed by atoms with Crippen LogP contribution < -0.4 is 0 Å². The van der Waals surface area contributed by atoms with E-state index in [1.165, 1.54) is 148 Å². The van der Waals surface area contributed by atoms with Gasteiger partial charge < -0.3 is 14.2 Å². The van der Waals surface area contributed by atoms with Crippen molar-refractivity contribution in [1.82, 2.24) is 0 Å². The van der Waals surface area contributed by atoms with Crippen molar-refractivity contribution >= 4 is 17.9 Å². The van der Waals surface area contributed by atoms with Crippen LogP contribution in [0.4, 0.5) is 0 Å². The zero-order valence-corrected chi connectivity index (χ0v) is 45.6. The number of carbonyl (C=O) groups is 3. The fraction of sp³-hybridized carbons (Fsp3) is 0.762. The Morgan fingerprint density at radius 2 is 0.580 bits per heavy atom. The van der Waals surface area contributed by atoms with Gasteiger partial charge in [0.2, 0.25) is 0 Å². The molecule has 0 bridgehead atoms. The zero-order chi connectivity index (χ0) is 50.0. The summed E-state index contributed by atoms with van der Waals surface area (Å²) in [6, 6.07) is 0. The van der Waals surface area contributed by atoms with Crippen molar-refractivity contribution in [3.8, 4) is 0 Å². The van der Waals surface area contributed by atoms with Gasteiger partial charge in [0.15, 0.2) is 6.10 Å². The second-order valence-corrected chi connectivity index (χ2v) is 19.5. The van der Waals surface area contributed by atoms with Crippen LogP contribution in [0.3, 0.4) is 0 Å². The van der Waals surface area contributed by atoms with Crippen LogP contribution in [0, 0.1) is 0 Å². The second kappa shape index (κ2) is 57.4. The van der Waals surface area contributed by atoms with Gasteiger partial charge in [-0.25, -0.2) is 0 Å². The van der Waals surface area contributed by atoms with E-state index in [0.717, 1.165) is 103 Å². The topological polar surface area (TPSA) is 78.9 Å². The van der Waals surface area contributed by atoms with E-state index in [-0.39, 0.29) is 31.1 Å². The molecule has 0 N–H and O–H groups in total. The molecule has 0 amide bonds. The highest BCUT2D eigenvalue weighted by Crippen LogP contribution is 2.15. The van der Waals surface area contributed by atoms with Crippen LogP contribution in [0.5, 0.6) is 0 Å². The maximum atomic E-state index is 12.9. The third-order valence-corrected chi connectivity index (χ3v) is 12.7. The maximum Gasteiger partial charge on any atom is 0.306 e. The Balaban J connectivity index is 4.33. The number of unbranched alkanes of at least 4 members (excludes halogenated alkanes) is 30. The van der Waals surface area contributed by atoms with E-state index >= 15 is 0 Å². The van der Waals surface area contributed by atoms with Crippen molar-refractivity contribution in [3.63, 3.8) is 0 Å². The first-order valence-electron chi connectivity index (χ1n) is 29.4. The number of hydrogen-bond donors (Lipinski definition) is 0. The first-order chi connectivity index (χ1) is 34.0. The van der Waals surface area contributed by atoms with Gasteiger partial charge in [0.25, 0.3) is 0 Å². The Morgan fingerprint density at radius 1 is 0.304 bits per heavy atom. The standard InChI is InChI=1S/C63H110O6/c1-4-7-10-13-16-19-22-24-26-28-30-31-33-34-36-38-41-44-47-50-53-56-62(65)68-59-60(58-67-61(64)55-52-49-46-43-40-21-18-15-12-9-6-3)69-63(66)57-54-51-48-45-42-39-37-35-32-29-27-25-23-20-17-14-11-8-5-2/h8,11,15,17-18,20,25,27-28,30,32,35,60H,4-7,9-10,12-14,16,19,21-24,26,29,31,33-34,36-59H2,1-3H3/b11-8-,18-15-,20-17-,27-25-,30-28-,35-32-. The quantitative estimate of drug-likeness (QED) is 0.0262. The van der Waals surface area contributed by atoms with E-state index < -0.39 is 6.10 Å². The van der Waals surface area contributed by atoms with Crippen molar-refractivity contribution in [2.75, 3.05) is 13.2 Å². The summed E-state index contributed by atoms with van der Waals surface area (Å²) in [7, 11) is 0. The van der Waals surface area contributed by atoms with Crippen LogP contribution >= 0.6 is 0 Å². The van der Waals surface area contributed by atoms with Crippen LogP contribution in [-0.4, -0.2) is 37.2 Å². The molecule has 0 saturated carbocycles. The lowest BCUT2D eigenvalue weighted by Crippen LogP contribution is -2.30. The highest BCUT2D eigenvalue weighted by molar-refractivity contribution is 5.71. The van der Waals surface area contributed by atoms with E-state index in [0.29, 0.717) is 19.3 Å². The van der Waals surface area contributed by atoms with Crippen LogP contribution in [0.1, 0.15) is 290 Å².